The molecule has 4 aromatic carbocycles. The minimum Gasteiger partial charge on any atom is -0.252 e. The van der Waals surface area contributed by atoms with E-state index in [2.05, 4.69) is 16.0 Å². The highest BCUT2D eigenvalue weighted by atomic mass is 14.8. The standard InChI is InChI=1S/C23H9N5/c24-10-14-9-17-20(19(12-26)18(14)11-25)16-6-5-13-3-1-2-4-15(13)21(16)23-22(17)27-7-8-28-23/h1-9H. The van der Waals surface area contributed by atoms with Crippen molar-refractivity contribution >= 4 is 43.4 Å². The molecular weight excluding hydrogens is 346 g/mol. The molecule has 0 saturated carbocycles. The van der Waals surface area contributed by atoms with Crippen LogP contribution in [0.4, 0.5) is 0 Å². The van der Waals surface area contributed by atoms with E-state index in [-0.39, 0.29) is 16.7 Å². The van der Waals surface area contributed by atoms with E-state index in [1.807, 2.05) is 48.5 Å². The molecule has 0 aliphatic heterocycles. The summed E-state index contributed by atoms with van der Waals surface area (Å²) in [6.45, 7) is 0. The summed E-state index contributed by atoms with van der Waals surface area (Å²) in [6, 6.07) is 19.7. The van der Waals surface area contributed by atoms with Crippen molar-refractivity contribution in [3.63, 3.8) is 0 Å². The Morgan fingerprint density at radius 2 is 1.39 bits per heavy atom. The molecule has 28 heavy (non-hydrogen) atoms. The van der Waals surface area contributed by atoms with Crippen LogP contribution in [-0.4, -0.2) is 9.97 Å². The predicted octanol–water partition coefficient (Wildman–Crippen LogP) is 4.70. The van der Waals surface area contributed by atoms with E-state index >= 15 is 0 Å². The van der Waals surface area contributed by atoms with Gasteiger partial charge in [0.15, 0.2) is 0 Å². The second kappa shape index (κ2) is 5.74. The number of aromatic nitrogens is 2. The summed E-state index contributed by atoms with van der Waals surface area (Å²) >= 11 is 0. The molecule has 126 valence electrons. The van der Waals surface area contributed by atoms with Crippen molar-refractivity contribution in [1.82, 2.24) is 9.97 Å². The van der Waals surface area contributed by atoms with E-state index in [1.54, 1.807) is 18.5 Å². The van der Waals surface area contributed by atoms with Crippen LogP contribution in [0.3, 0.4) is 0 Å². The Morgan fingerprint density at radius 3 is 2.14 bits per heavy atom. The molecule has 5 rings (SSSR count). The Kier molecular flexibility index (Phi) is 3.22. The average Bonchev–Trinajstić information content (AvgIpc) is 2.77. The maximum absolute atomic E-state index is 9.87. The first kappa shape index (κ1) is 15.7. The van der Waals surface area contributed by atoms with Gasteiger partial charge in [-0.2, -0.15) is 15.8 Å². The van der Waals surface area contributed by atoms with E-state index in [1.165, 1.54) is 0 Å². The van der Waals surface area contributed by atoms with Crippen molar-refractivity contribution in [3.05, 3.63) is 71.5 Å². The molecule has 5 nitrogen and oxygen atoms in total. The molecule has 0 spiro atoms. The van der Waals surface area contributed by atoms with Gasteiger partial charge in [0.2, 0.25) is 0 Å². The third-order valence-electron chi connectivity index (χ3n) is 5.06. The third kappa shape index (κ3) is 1.92. The van der Waals surface area contributed by atoms with Crippen LogP contribution in [0, 0.1) is 34.0 Å². The Hall–Kier alpha value is -4.53. The fraction of sp³-hybridized carbons (Fsp3) is 0. The summed E-state index contributed by atoms with van der Waals surface area (Å²) in [4.78, 5) is 9.08. The molecule has 1 heterocycles. The van der Waals surface area contributed by atoms with Gasteiger partial charge in [-0.25, -0.2) is 0 Å². The summed E-state index contributed by atoms with van der Waals surface area (Å²) in [5.74, 6) is 0. The molecule has 0 saturated heterocycles. The quantitative estimate of drug-likeness (QED) is 0.375. The maximum Gasteiger partial charge on any atom is 0.102 e. The normalized spacial score (nSPS) is 10.8. The number of hydrogen-bond acceptors (Lipinski definition) is 5. The van der Waals surface area contributed by atoms with Gasteiger partial charge in [-0.05, 0) is 22.2 Å². The minimum absolute atomic E-state index is 0.0928. The van der Waals surface area contributed by atoms with Gasteiger partial charge in [-0.15, -0.1) is 0 Å². The lowest BCUT2D eigenvalue weighted by molar-refractivity contribution is 1.31. The van der Waals surface area contributed by atoms with Gasteiger partial charge in [-0.3, -0.25) is 9.97 Å². The fourth-order valence-corrected chi connectivity index (χ4v) is 3.92. The van der Waals surface area contributed by atoms with Crippen molar-refractivity contribution in [2.75, 3.05) is 0 Å². The average molecular weight is 355 g/mol. The van der Waals surface area contributed by atoms with Gasteiger partial charge < -0.3 is 0 Å². The number of benzene rings is 4. The number of hydrogen-bond donors (Lipinski definition) is 0. The summed E-state index contributed by atoms with van der Waals surface area (Å²) in [6.07, 6.45) is 3.23. The third-order valence-corrected chi connectivity index (χ3v) is 5.06. The minimum atomic E-state index is 0.0928. The van der Waals surface area contributed by atoms with Crippen molar-refractivity contribution in [2.45, 2.75) is 0 Å². The number of rotatable bonds is 0. The van der Waals surface area contributed by atoms with Crippen LogP contribution < -0.4 is 0 Å². The van der Waals surface area contributed by atoms with Crippen molar-refractivity contribution in [3.8, 4) is 18.2 Å². The fourth-order valence-electron chi connectivity index (χ4n) is 3.92. The molecule has 0 bridgehead atoms. The molecule has 0 aliphatic carbocycles. The van der Waals surface area contributed by atoms with E-state index < -0.39 is 0 Å². The zero-order valence-corrected chi connectivity index (χ0v) is 14.4. The van der Waals surface area contributed by atoms with Gasteiger partial charge >= 0.3 is 0 Å². The van der Waals surface area contributed by atoms with Crippen molar-refractivity contribution in [1.29, 1.82) is 15.8 Å². The highest BCUT2D eigenvalue weighted by Crippen LogP contribution is 2.40. The summed E-state index contributed by atoms with van der Waals surface area (Å²) in [5.41, 5.74) is 1.77. The Morgan fingerprint density at radius 1 is 0.643 bits per heavy atom. The molecule has 0 fully saturated rings. The summed E-state index contributed by atoms with van der Waals surface area (Å²) in [7, 11) is 0. The second-order valence-corrected chi connectivity index (χ2v) is 6.39. The molecule has 1 aromatic heterocycles. The number of nitriles is 3. The monoisotopic (exact) mass is 355 g/mol. The lowest BCUT2D eigenvalue weighted by atomic mass is 9.89. The molecule has 0 atom stereocenters. The first-order valence-corrected chi connectivity index (χ1v) is 8.53. The SMILES string of the molecule is N#Cc1cc2c3nccnc3c3c4ccccc4ccc3c2c(C#N)c1C#N. The highest BCUT2D eigenvalue weighted by Gasteiger charge is 2.20. The highest BCUT2D eigenvalue weighted by molar-refractivity contribution is 6.30. The molecule has 5 aromatic rings. The van der Waals surface area contributed by atoms with Crippen LogP contribution in [0.25, 0.3) is 43.4 Å². The Balaban J connectivity index is 2.24. The first-order valence-electron chi connectivity index (χ1n) is 8.53. The van der Waals surface area contributed by atoms with Crippen LogP contribution in [0.1, 0.15) is 16.7 Å². The molecular formula is C23H9N5. The largest absolute Gasteiger partial charge is 0.252 e. The van der Waals surface area contributed by atoms with Crippen LogP contribution in [0.2, 0.25) is 0 Å². The van der Waals surface area contributed by atoms with E-state index in [0.717, 1.165) is 21.5 Å². The van der Waals surface area contributed by atoms with Crippen molar-refractivity contribution in [2.24, 2.45) is 0 Å². The second-order valence-electron chi connectivity index (χ2n) is 6.39. The molecule has 0 aliphatic rings. The number of fused-ring (bicyclic) bond motifs is 8. The Bertz CT molecular complexity index is 1590. The molecule has 5 heteroatoms. The van der Waals surface area contributed by atoms with Crippen LogP contribution in [0.5, 0.6) is 0 Å². The van der Waals surface area contributed by atoms with E-state index in [4.69, 9.17) is 0 Å². The number of nitrogens with zero attached hydrogens (tertiary/aromatic N) is 5. The molecule has 0 N–H and O–H groups in total. The Labute approximate surface area is 159 Å². The van der Waals surface area contributed by atoms with Gasteiger partial charge in [-0.1, -0.05) is 36.4 Å². The molecule has 0 radical (unpaired) electrons. The van der Waals surface area contributed by atoms with Crippen molar-refractivity contribution < 1.29 is 0 Å². The van der Waals surface area contributed by atoms with Crippen LogP contribution >= 0.6 is 0 Å². The topological polar surface area (TPSA) is 97.2 Å². The summed E-state index contributed by atoms with van der Waals surface area (Å²) in [5, 5.41) is 34.0. The predicted molar refractivity (Wildman–Crippen MR) is 106 cm³/mol. The van der Waals surface area contributed by atoms with E-state index in [0.29, 0.717) is 21.8 Å². The molecule has 0 unspecified atom stereocenters. The lowest BCUT2D eigenvalue weighted by Gasteiger charge is -2.13. The molecule has 0 amide bonds. The van der Waals surface area contributed by atoms with Gasteiger partial charge in [0.1, 0.15) is 18.2 Å². The van der Waals surface area contributed by atoms with Gasteiger partial charge in [0, 0.05) is 28.6 Å². The smallest absolute Gasteiger partial charge is 0.102 e. The first-order chi connectivity index (χ1) is 13.8. The van der Waals surface area contributed by atoms with Gasteiger partial charge in [0.25, 0.3) is 0 Å². The lowest BCUT2D eigenvalue weighted by Crippen LogP contribution is -1.96. The zero-order chi connectivity index (χ0) is 19.3. The van der Waals surface area contributed by atoms with Gasteiger partial charge in [0.05, 0.1) is 27.7 Å². The summed E-state index contributed by atoms with van der Waals surface area (Å²) < 4.78 is 0. The maximum atomic E-state index is 9.87. The zero-order valence-electron chi connectivity index (χ0n) is 14.4. The van der Waals surface area contributed by atoms with Crippen LogP contribution in [-0.2, 0) is 0 Å². The van der Waals surface area contributed by atoms with Crippen LogP contribution in [0.15, 0.2) is 54.9 Å². The van der Waals surface area contributed by atoms with E-state index in [9.17, 15) is 15.8 Å².